The van der Waals surface area contributed by atoms with Gasteiger partial charge in [-0.3, -0.25) is 0 Å². The Hall–Kier alpha value is -0.900. The molecule has 31 heavy (non-hydrogen) atoms. The van der Waals surface area contributed by atoms with Crippen molar-refractivity contribution in [3.8, 4) is 0 Å². The van der Waals surface area contributed by atoms with E-state index in [0.29, 0.717) is 13.2 Å². The van der Waals surface area contributed by atoms with Crippen molar-refractivity contribution in [3.05, 3.63) is 94.6 Å². The van der Waals surface area contributed by atoms with Gasteiger partial charge in [-0.2, -0.15) is 5.56 Å². The molecule has 0 N–H and O–H groups in total. The smallest absolute Gasteiger partial charge is 1.00 e. The Labute approximate surface area is 218 Å². The molecule has 0 aromatic heterocycles. The van der Waals surface area contributed by atoms with E-state index in [2.05, 4.69) is 93.3 Å². The molecule has 0 saturated heterocycles. The maximum atomic E-state index is 6.16. The molecule has 0 amide bonds. The van der Waals surface area contributed by atoms with Gasteiger partial charge < -0.3 is 34.0 Å². The van der Waals surface area contributed by atoms with Gasteiger partial charge in [0.05, 0.1) is 6.61 Å². The quantitative estimate of drug-likeness (QED) is 0.291. The molecule has 2 aromatic rings. The molecule has 2 nitrogen and oxygen atoms in total. The molecule has 2 aliphatic rings. The van der Waals surface area contributed by atoms with Gasteiger partial charge in [0.2, 0.25) is 0 Å². The van der Waals surface area contributed by atoms with Gasteiger partial charge in [-0.25, -0.2) is 0 Å². The number of benzene rings is 2. The third-order valence-electron chi connectivity index (χ3n) is 5.13. The summed E-state index contributed by atoms with van der Waals surface area (Å²) in [4.78, 5) is 0. The molecule has 1 unspecified atom stereocenters. The van der Waals surface area contributed by atoms with E-state index in [9.17, 15) is 0 Å². The molecule has 0 saturated carbocycles. The fourth-order valence-electron chi connectivity index (χ4n) is 3.93. The van der Waals surface area contributed by atoms with Gasteiger partial charge in [0.15, 0.2) is 8.32 Å². The molecule has 4 rings (SSSR count). The van der Waals surface area contributed by atoms with Crippen LogP contribution in [-0.2, 0) is 35.4 Å². The van der Waals surface area contributed by atoms with Crippen molar-refractivity contribution in [3.63, 3.8) is 0 Å². The van der Waals surface area contributed by atoms with E-state index in [1.54, 1.807) is 0 Å². The van der Waals surface area contributed by atoms with E-state index < -0.39 is 8.32 Å². The SMILES string of the molecule is CC=C1C(C2C=C(OCCO[Si](C)(C)C)c3ccccc32)=[C-]c2ccccc21.[Cl-].[Cl-].[Zr+3]. The van der Waals surface area contributed by atoms with Crippen molar-refractivity contribution in [1.29, 1.82) is 0 Å². The van der Waals surface area contributed by atoms with E-state index in [1.807, 2.05) is 0 Å². The second-order valence-corrected chi connectivity index (χ2v) is 12.7. The third-order valence-corrected chi connectivity index (χ3v) is 6.20. The normalized spacial score (nSPS) is 17.4. The van der Waals surface area contributed by atoms with Crippen LogP contribution in [0.3, 0.4) is 0 Å². The van der Waals surface area contributed by atoms with Gasteiger partial charge >= 0.3 is 26.2 Å². The molecule has 161 valence electrons. The Morgan fingerprint density at radius 3 is 2.26 bits per heavy atom. The third kappa shape index (κ3) is 6.12. The Morgan fingerprint density at radius 2 is 1.58 bits per heavy atom. The summed E-state index contributed by atoms with van der Waals surface area (Å²) in [5.41, 5.74) is 7.42. The fraction of sp³-hybridized carbons (Fsp3) is 0.280. The average Bonchev–Trinajstić information content (AvgIpc) is 3.22. The standard InChI is InChI=1S/C25H27O2Si.2ClH.Zr/c1-5-19-20-11-7-6-10-18(20)16-23(19)24-17-25(22-13-9-8-12-21(22)24)26-14-15-27-28(2,3)4;;;/h5-13,17,24H,14-15H2,1-4H3;2*1H;/q-1;;;+3/p-2. The van der Waals surface area contributed by atoms with E-state index in [0.717, 1.165) is 5.76 Å². The van der Waals surface area contributed by atoms with Gasteiger partial charge in [0.25, 0.3) is 0 Å². The van der Waals surface area contributed by atoms with E-state index in [4.69, 9.17) is 9.16 Å². The predicted molar refractivity (Wildman–Crippen MR) is 118 cm³/mol. The topological polar surface area (TPSA) is 18.5 Å². The predicted octanol–water partition coefficient (Wildman–Crippen LogP) is 0.193. The van der Waals surface area contributed by atoms with Crippen molar-refractivity contribution in [2.45, 2.75) is 32.5 Å². The first kappa shape index (κ1) is 28.1. The summed E-state index contributed by atoms with van der Waals surface area (Å²) in [6, 6.07) is 17.0. The van der Waals surface area contributed by atoms with Crippen LogP contribution in [0.25, 0.3) is 11.3 Å². The van der Waals surface area contributed by atoms with Gasteiger partial charge in [-0.05, 0) is 31.3 Å². The molecular formula is C25H27Cl2O2SiZr. The summed E-state index contributed by atoms with van der Waals surface area (Å²) in [6.07, 6.45) is 8.10. The molecule has 6 heteroatoms. The van der Waals surface area contributed by atoms with Gasteiger partial charge in [0.1, 0.15) is 12.4 Å². The molecule has 0 bridgehead atoms. The molecule has 1 atom stereocenters. The first-order valence-corrected chi connectivity index (χ1v) is 13.4. The zero-order valence-electron chi connectivity index (χ0n) is 18.3. The van der Waals surface area contributed by atoms with Crippen LogP contribution in [0, 0.1) is 6.08 Å². The van der Waals surface area contributed by atoms with E-state index >= 15 is 0 Å². The molecular weight excluding hydrogens is 522 g/mol. The molecule has 1 radical (unpaired) electrons. The zero-order valence-corrected chi connectivity index (χ0v) is 23.3. The van der Waals surface area contributed by atoms with Crippen LogP contribution < -0.4 is 24.8 Å². The van der Waals surface area contributed by atoms with Crippen LogP contribution >= 0.6 is 0 Å². The summed E-state index contributed by atoms with van der Waals surface area (Å²) < 4.78 is 12.1. The number of ether oxygens (including phenoxy) is 1. The van der Waals surface area contributed by atoms with Crippen molar-refractivity contribution in [2.75, 3.05) is 13.2 Å². The molecule has 2 aromatic carbocycles. The second-order valence-electron chi connectivity index (χ2n) is 8.19. The summed E-state index contributed by atoms with van der Waals surface area (Å²) in [6.45, 7) is 9.93. The summed E-state index contributed by atoms with van der Waals surface area (Å²) in [5, 5.41) is 0. The Morgan fingerprint density at radius 1 is 0.935 bits per heavy atom. The van der Waals surface area contributed by atoms with Gasteiger partial charge in [0, 0.05) is 11.5 Å². The van der Waals surface area contributed by atoms with Crippen molar-refractivity contribution >= 4 is 19.6 Å². The minimum atomic E-state index is -1.51. The van der Waals surface area contributed by atoms with Gasteiger partial charge in [-0.15, -0.1) is 47.1 Å². The maximum Gasteiger partial charge on any atom is 3.00 e. The monoisotopic (exact) mass is 547 g/mol. The van der Waals surface area contributed by atoms with Crippen LogP contribution in [0.1, 0.15) is 35.1 Å². The fourth-order valence-corrected chi connectivity index (χ4v) is 4.62. The number of allylic oxidation sites excluding steroid dienone is 4. The first-order valence-electron chi connectivity index (χ1n) is 9.96. The second kappa shape index (κ2) is 11.8. The number of halogens is 2. The first-order chi connectivity index (χ1) is 13.5. The van der Waals surface area contributed by atoms with Crippen LogP contribution in [0.2, 0.25) is 19.6 Å². The molecule has 0 heterocycles. The Balaban J connectivity index is 0.00000160. The van der Waals surface area contributed by atoms with Crippen molar-refractivity contribution < 1.29 is 60.2 Å². The molecule has 0 fully saturated rings. The molecule has 0 aliphatic heterocycles. The van der Waals surface area contributed by atoms with Crippen molar-refractivity contribution in [2.24, 2.45) is 0 Å². The minimum Gasteiger partial charge on any atom is -1.00 e. The largest absolute Gasteiger partial charge is 3.00 e. The molecule has 2 aliphatic carbocycles. The van der Waals surface area contributed by atoms with Crippen LogP contribution in [0.4, 0.5) is 0 Å². The van der Waals surface area contributed by atoms with Crippen LogP contribution in [0.15, 0.2) is 66.3 Å². The summed E-state index contributed by atoms with van der Waals surface area (Å²) in [7, 11) is -1.51. The summed E-state index contributed by atoms with van der Waals surface area (Å²) >= 11 is 0. The summed E-state index contributed by atoms with van der Waals surface area (Å²) in [5.74, 6) is 1.13. The van der Waals surface area contributed by atoms with Crippen molar-refractivity contribution in [1.82, 2.24) is 0 Å². The van der Waals surface area contributed by atoms with Crippen LogP contribution in [-0.4, -0.2) is 21.5 Å². The van der Waals surface area contributed by atoms with E-state index in [-0.39, 0.29) is 56.9 Å². The Kier molecular flexibility index (Phi) is 10.7. The number of hydrogen-bond acceptors (Lipinski definition) is 2. The Bertz CT molecular complexity index is 993. The minimum absolute atomic E-state index is 0. The average molecular weight is 550 g/mol. The maximum absolute atomic E-state index is 6.16. The number of rotatable bonds is 6. The molecule has 0 spiro atoms. The number of fused-ring (bicyclic) bond motifs is 2. The number of hydrogen-bond donors (Lipinski definition) is 0. The van der Waals surface area contributed by atoms with Gasteiger partial charge in [-0.1, -0.05) is 37.3 Å². The van der Waals surface area contributed by atoms with Crippen LogP contribution in [0.5, 0.6) is 0 Å². The zero-order chi connectivity index (χ0) is 19.7. The van der Waals surface area contributed by atoms with E-state index in [1.165, 1.54) is 33.4 Å².